The predicted octanol–water partition coefficient (Wildman–Crippen LogP) is 1.98. The molecular formula is C13H20N2O2. The molecule has 2 atom stereocenters. The summed E-state index contributed by atoms with van der Waals surface area (Å²) in [5, 5.41) is 14.2. The third-order valence-electron chi connectivity index (χ3n) is 4.49. The molecule has 3 rings (SSSR count). The highest BCUT2D eigenvalue weighted by Gasteiger charge is 2.57. The van der Waals surface area contributed by atoms with E-state index in [0.29, 0.717) is 0 Å². The fourth-order valence-corrected chi connectivity index (χ4v) is 3.32. The second-order valence-corrected chi connectivity index (χ2v) is 5.33. The van der Waals surface area contributed by atoms with Gasteiger partial charge in [0.05, 0.1) is 18.5 Å². The number of aromatic nitrogens is 2. The highest BCUT2D eigenvalue weighted by atomic mass is 16.5. The number of aliphatic hydroxyl groups is 1. The van der Waals surface area contributed by atoms with Gasteiger partial charge in [-0.25, -0.2) is 0 Å². The van der Waals surface area contributed by atoms with Crippen molar-refractivity contribution in [3.63, 3.8) is 0 Å². The molecule has 2 aliphatic rings. The molecular weight excluding hydrogens is 216 g/mol. The van der Waals surface area contributed by atoms with Crippen LogP contribution in [0.2, 0.25) is 0 Å². The van der Waals surface area contributed by atoms with E-state index < -0.39 is 0 Å². The van der Waals surface area contributed by atoms with Crippen LogP contribution in [0.1, 0.15) is 39.0 Å². The number of ether oxygens (including phenoxy) is 1. The zero-order chi connectivity index (χ0) is 11.9. The molecule has 2 saturated carbocycles. The largest absolute Gasteiger partial charge is 0.486 e. The Kier molecular flexibility index (Phi) is 2.62. The van der Waals surface area contributed by atoms with Gasteiger partial charge in [-0.2, -0.15) is 5.10 Å². The molecule has 4 heteroatoms. The minimum Gasteiger partial charge on any atom is -0.486 e. The maximum absolute atomic E-state index is 10.00. The van der Waals surface area contributed by atoms with E-state index in [0.717, 1.165) is 31.6 Å². The van der Waals surface area contributed by atoms with Crippen molar-refractivity contribution in [1.29, 1.82) is 0 Å². The van der Waals surface area contributed by atoms with Crippen molar-refractivity contribution in [2.75, 3.05) is 0 Å². The Bertz CT molecular complexity index is 396. The van der Waals surface area contributed by atoms with Crippen LogP contribution in [-0.2, 0) is 6.54 Å². The Morgan fingerprint density at radius 3 is 2.88 bits per heavy atom. The first kappa shape index (κ1) is 11.1. The summed E-state index contributed by atoms with van der Waals surface area (Å²) in [6, 6.07) is 0. The number of rotatable bonds is 3. The fraction of sp³-hybridized carbons (Fsp3) is 0.769. The van der Waals surface area contributed by atoms with Crippen LogP contribution in [0.3, 0.4) is 0 Å². The molecule has 0 bridgehead atoms. The van der Waals surface area contributed by atoms with Gasteiger partial charge in [0, 0.05) is 18.4 Å². The first-order valence-electron chi connectivity index (χ1n) is 6.62. The Morgan fingerprint density at radius 1 is 1.53 bits per heavy atom. The van der Waals surface area contributed by atoms with Crippen LogP contribution < -0.4 is 4.74 Å². The Hall–Kier alpha value is -1.03. The highest BCUT2D eigenvalue weighted by Crippen LogP contribution is 2.54. The average molecular weight is 236 g/mol. The zero-order valence-corrected chi connectivity index (χ0v) is 10.3. The number of aryl methyl sites for hydroxylation is 1. The lowest BCUT2D eigenvalue weighted by atomic mass is 9.62. The molecule has 2 aliphatic carbocycles. The van der Waals surface area contributed by atoms with Gasteiger partial charge in [0.2, 0.25) is 0 Å². The van der Waals surface area contributed by atoms with Crippen LogP contribution in [0.4, 0.5) is 0 Å². The summed E-state index contributed by atoms with van der Waals surface area (Å²) in [5.41, 5.74) is 0.0499. The standard InChI is InChI=1S/C13H20N2O2/c1-2-15-9-10(8-14-15)17-12-7-11(16)13(12)5-3-4-6-13/h8-9,11-12,16H,2-7H2,1H3. The highest BCUT2D eigenvalue weighted by molar-refractivity contribution is 5.16. The van der Waals surface area contributed by atoms with Crippen molar-refractivity contribution in [3.05, 3.63) is 12.4 Å². The fourth-order valence-electron chi connectivity index (χ4n) is 3.32. The van der Waals surface area contributed by atoms with Gasteiger partial charge < -0.3 is 9.84 Å². The average Bonchev–Trinajstić information content (AvgIpc) is 2.99. The van der Waals surface area contributed by atoms with E-state index in [2.05, 4.69) is 12.0 Å². The SMILES string of the molecule is CCn1cc(OC2CC(O)C23CCCC3)cn1. The van der Waals surface area contributed by atoms with Gasteiger partial charge in [-0.1, -0.05) is 12.8 Å². The lowest BCUT2D eigenvalue weighted by Crippen LogP contribution is -2.58. The van der Waals surface area contributed by atoms with Crippen molar-refractivity contribution in [3.8, 4) is 5.75 Å². The summed E-state index contributed by atoms with van der Waals surface area (Å²) in [5.74, 6) is 0.843. The summed E-state index contributed by atoms with van der Waals surface area (Å²) >= 11 is 0. The molecule has 0 amide bonds. The molecule has 1 spiro atoms. The van der Waals surface area contributed by atoms with Crippen molar-refractivity contribution >= 4 is 0 Å². The monoisotopic (exact) mass is 236 g/mol. The van der Waals surface area contributed by atoms with Gasteiger partial charge in [0.15, 0.2) is 5.75 Å². The van der Waals surface area contributed by atoms with Gasteiger partial charge >= 0.3 is 0 Å². The molecule has 1 aromatic rings. The summed E-state index contributed by atoms with van der Waals surface area (Å²) in [6.07, 6.45) is 9.20. The first-order valence-corrected chi connectivity index (χ1v) is 6.62. The minimum atomic E-state index is -0.156. The molecule has 2 unspecified atom stereocenters. The second kappa shape index (κ2) is 4.02. The van der Waals surface area contributed by atoms with E-state index in [4.69, 9.17) is 4.74 Å². The third-order valence-corrected chi connectivity index (χ3v) is 4.49. The molecule has 0 aromatic carbocycles. The molecule has 2 fully saturated rings. The number of aliphatic hydroxyl groups excluding tert-OH is 1. The Labute approximate surface area is 102 Å². The number of hydrogen-bond acceptors (Lipinski definition) is 3. The lowest BCUT2D eigenvalue weighted by Gasteiger charge is -2.50. The summed E-state index contributed by atoms with van der Waals surface area (Å²) in [7, 11) is 0. The lowest BCUT2D eigenvalue weighted by molar-refractivity contribution is -0.152. The molecule has 4 nitrogen and oxygen atoms in total. The molecule has 94 valence electrons. The Balaban J connectivity index is 1.69. The topological polar surface area (TPSA) is 47.3 Å². The molecule has 0 radical (unpaired) electrons. The predicted molar refractivity (Wildman–Crippen MR) is 63.8 cm³/mol. The van der Waals surface area contributed by atoms with E-state index in [1.165, 1.54) is 12.8 Å². The third kappa shape index (κ3) is 1.66. The van der Waals surface area contributed by atoms with Gasteiger partial charge in [-0.15, -0.1) is 0 Å². The van der Waals surface area contributed by atoms with Gasteiger partial charge in [-0.3, -0.25) is 4.68 Å². The van der Waals surface area contributed by atoms with Crippen LogP contribution in [0.5, 0.6) is 5.75 Å². The summed E-state index contributed by atoms with van der Waals surface area (Å²) in [4.78, 5) is 0. The van der Waals surface area contributed by atoms with Crippen LogP contribution >= 0.6 is 0 Å². The summed E-state index contributed by atoms with van der Waals surface area (Å²) in [6.45, 7) is 2.92. The van der Waals surface area contributed by atoms with E-state index in [1.54, 1.807) is 6.20 Å². The van der Waals surface area contributed by atoms with Crippen molar-refractivity contribution < 1.29 is 9.84 Å². The molecule has 0 aliphatic heterocycles. The van der Waals surface area contributed by atoms with E-state index in [1.807, 2.05) is 10.9 Å². The first-order chi connectivity index (χ1) is 8.24. The molecule has 1 heterocycles. The maximum Gasteiger partial charge on any atom is 0.157 e. The van der Waals surface area contributed by atoms with E-state index >= 15 is 0 Å². The smallest absolute Gasteiger partial charge is 0.157 e. The quantitative estimate of drug-likeness (QED) is 0.873. The van der Waals surface area contributed by atoms with Crippen LogP contribution in [-0.4, -0.2) is 27.1 Å². The van der Waals surface area contributed by atoms with Crippen molar-refractivity contribution in [2.24, 2.45) is 5.41 Å². The zero-order valence-electron chi connectivity index (χ0n) is 10.3. The normalized spacial score (nSPS) is 30.5. The van der Waals surface area contributed by atoms with Crippen molar-refractivity contribution in [1.82, 2.24) is 9.78 Å². The van der Waals surface area contributed by atoms with E-state index in [9.17, 15) is 5.11 Å². The molecule has 17 heavy (non-hydrogen) atoms. The van der Waals surface area contributed by atoms with Gasteiger partial charge in [0.1, 0.15) is 6.10 Å². The number of hydrogen-bond donors (Lipinski definition) is 1. The molecule has 1 aromatic heterocycles. The number of nitrogens with zero attached hydrogens (tertiary/aromatic N) is 2. The van der Waals surface area contributed by atoms with E-state index in [-0.39, 0.29) is 17.6 Å². The van der Waals surface area contributed by atoms with Gasteiger partial charge in [-0.05, 0) is 19.8 Å². The molecule has 1 N–H and O–H groups in total. The molecule has 0 saturated heterocycles. The van der Waals surface area contributed by atoms with Crippen LogP contribution in [0, 0.1) is 5.41 Å². The Morgan fingerprint density at radius 2 is 2.29 bits per heavy atom. The second-order valence-electron chi connectivity index (χ2n) is 5.33. The minimum absolute atomic E-state index is 0.0499. The van der Waals surface area contributed by atoms with Crippen LogP contribution in [0.15, 0.2) is 12.4 Å². The van der Waals surface area contributed by atoms with Crippen molar-refractivity contribution in [2.45, 2.75) is 57.8 Å². The maximum atomic E-state index is 10.00. The van der Waals surface area contributed by atoms with Gasteiger partial charge in [0.25, 0.3) is 0 Å². The summed E-state index contributed by atoms with van der Waals surface area (Å²) < 4.78 is 7.86. The van der Waals surface area contributed by atoms with Crippen LogP contribution in [0.25, 0.3) is 0 Å².